The summed E-state index contributed by atoms with van der Waals surface area (Å²) in [6.07, 6.45) is -4.58. The van der Waals surface area contributed by atoms with Crippen LogP contribution in [0.3, 0.4) is 0 Å². The molecule has 4 nitrogen and oxygen atoms in total. The highest BCUT2D eigenvalue weighted by Crippen LogP contribution is 2.36. The number of thiazole rings is 1. The van der Waals surface area contributed by atoms with Crippen molar-refractivity contribution in [3.05, 3.63) is 40.4 Å². The SMILES string of the molecule is Cc1csc(Sc2ccc(C(F)(F)F)c(/C(N)=N/O)c2)n1. The predicted molar refractivity (Wildman–Crippen MR) is 74.9 cm³/mol. The Morgan fingerprint density at radius 3 is 2.67 bits per heavy atom. The molecular weight excluding hydrogens is 323 g/mol. The molecule has 0 saturated heterocycles. The molecule has 0 aliphatic rings. The van der Waals surface area contributed by atoms with E-state index in [1.54, 1.807) is 0 Å². The lowest BCUT2D eigenvalue weighted by Crippen LogP contribution is -2.20. The average molecular weight is 333 g/mol. The van der Waals surface area contributed by atoms with Gasteiger partial charge in [0.2, 0.25) is 0 Å². The summed E-state index contributed by atoms with van der Waals surface area (Å²) in [4.78, 5) is 4.75. The van der Waals surface area contributed by atoms with Crippen molar-refractivity contribution < 1.29 is 18.4 Å². The van der Waals surface area contributed by atoms with Gasteiger partial charge < -0.3 is 10.9 Å². The summed E-state index contributed by atoms with van der Waals surface area (Å²) in [5.74, 6) is -0.583. The summed E-state index contributed by atoms with van der Waals surface area (Å²) >= 11 is 2.61. The van der Waals surface area contributed by atoms with E-state index >= 15 is 0 Å². The van der Waals surface area contributed by atoms with Crippen molar-refractivity contribution in [3.8, 4) is 0 Å². The molecule has 3 N–H and O–H groups in total. The van der Waals surface area contributed by atoms with Crippen LogP contribution in [0, 0.1) is 6.92 Å². The summed E-state index contributed by atoms with van der Waals surface area (Å²) in [6.45, 7) is 1.83. The second-order valence-electron chi connectivity index (χ2n) is 4.05. The summed E-state index contributed by atoms with van der Waals surface area (Å²) in [5.41, 5.74) is 4.87. The Morgan fingerprint density at radius 2 is 2.14 bits per heavy atom. The van der Waals surface area contributed by atoms with E-state index in [1.807, 2.05) is 12.3 Å². The molecule has 2 rings (SSSR count). The lowest BCUT2D eigenvalue weighted by molar-refractivity contribution is -0.137. The Hall–Kier alpha value is -1.74. The van der Waals surface area contributed by atoms with Gasteiger partial charge in [-0.15, -0.1) is 11.3 Å². The van der Waals surface area contributed by atoms with Gasteiger partial charge in [-0.25, -0.2) is 4.98 Å². The maximum Gasteiger partial charge on any atom is 0.417 e. The monoisotopic (exact) mass is 333 g/mol. The van der Waals surface area contributed by atoms with E-state index in [2.05, 4.69) is 10.1 Å². The Labute approximate surface area is 126 Å². The van der Waals surface area contributed by atoms with Gasteiger partial charge in [0, 0.05) is 21.5 Å². The van der Waals surface area contributed by atoms with Crippen LogP contribution in [0.15, 0.2) is 38.0 Å². The van der Waals surface area contributed by atoms with E-state index in [-0.39, 0.29) is 5.56 Å². The number of hydrogen-bond donors (Lipinski definition) is 2. The van der Waals surface area contributed by atoms with Crippen molar-refractivity contribution in [2.75, 3.05) is 0 Å². The van der Waals surface area contributed by atoms with Crippen LogP contribution in [0.4, 0.5) is 13.2 Å². The number of rotatable bonds is 3. The number of nitrogens with two attached hydrogens (primary N) is 1. The third kappa shape index (κ3) is 3.67. The highest BCUT2D eigenvalue weighted by Gasteiger charge is 2.34. The van der Waals surface area contributed by atoms with Gasteiger partial charge in [-0.05, 0) is 25.1 Å². The molecule has 0 atom stereocenters. The highest BCUT2D eigenvalue weighted by molar-refractivity contribution is 8.01. The molecular formula is C12H10F3N3OS2. The maximum atomic E-state index is 12.9. The number of amidine groups is 1. The van der Waals surface area contributed by atoms with E-state index in [0.29, 0.717) is 9.24 Å². The van der Waals surface area contributed by atoms with E-state index in [1.165, 1.54) is 35.2 Å². The summed E-state index contributed by atoms with van der Waals surface area (Å²) in [6, 6.07) is 3.48. The molecule has 0 unspecified atom stereocenters. The van der Waals surface area contributed by atoms with Crippen LogP contribution >= 0.6 is 23.1 Å². The topological polar surface area (TPSA) is 71.5 Å². The smallest absolute Gasteiger partial charge is 0.409 e. The van der Waals surface area contributed by atoms with Gasteiger partial charge in [0.1, 0.15) is 0 Å². The fourth-order valence-electron chi connectivity index (χ4n) is 1.58. The molecule has 0 spiro atoms. The fourth-order valence-corrected chi connectivity index (χ4v) is 3.43. The van der Waals surface area contributed by atoms with E-state index in [0.717, 1.165) is 11.8 Å². The third-order valence-electron chi connectivity index (χ3n) is 2.48. The number of hydrogen-bond acceptors (Lipinski definition) is 5. The largest absolute Gasteiger partial charge is 0.417 e. The maximum absolute atomic E-state index is 12.9. The van der Waals surface area contributed by atoms with E-state index < -0.39 is 17.6 Å². The van der Waals surface area contributed by atoms with Gasteiger partial charge in [0.15, 0.2) is 10.2 Å². The predicted octanol–water partition coefficient (Wildman–Crippen LogP) is 3.72. The zero-order valence-corrected chi connectivity index (χ0v) is 12.3. The molecule has 0 radical (unpaired) electrons. The van der Waals surface area contributed by atoms with Crippen LogP contribution in [0.25, 0.3) is 0 Å². The lowest BCUT2D eigenvalue weighted by atomic mass is 10.1. The molecule has 0 amide bonds. The van der Waals surface area contributed by atoms with Crippen LogP contribution in [-0.2, 0) is 6.18 Å². The highest BCUT2D eigenvalue weighted by atomic mass is 32.2. The molecule has 0 aliphatic heterocycles. The summed E-state index contributed by atoms with van der Waals surface area (Å²) in [5, 5.41) is 13.1. The lowest BCUT2D eigenvalue weighted by Gasteiger charge is -2.12. The zero-order chi connectivity index (χ0) is 15.6. The third-order valence-corrected chi connectivity index (χ3v) is 4.53. The van der Waals surface area contributed by atoms with Crippen molar-refractivity contribution in [2.24, 2.45) is 10.9 Å². The van der Waals surface area contributed by atoms with E-state index in [9.17, 15) is 13.2 Å². The van der Waals surface area contributed by atoms with Gasteiger partial charge in [-0.3, -0.25) is 0 Å². The Balaban J connectivity index is 2.42. The van der Waals surface area contributed by atoms with Gasteiger partial charge in [0.05, 0.1) is 5.56 Å². The molecule has 0 fully saturated rings. The number of benzene rings is 1. The first-order chi connectivity index (χ1) is 9.81. The normalized spacial score (nSPS) is 12.7. The Kier molecular flexibility index (Phi) is 4.43. The first-order valence-corrected chi connectivity index (χ1v) is 7.30. The molecule has 0 aliphatic carbocycles. The van der Waals surface area contributed by atoms with E-state index in [4.69, 9.17) is 10.9 Å². The summed E-state index contributed by atoms with van der Waals surface area (Å²) in [7, 11) is 0. The number of halogens is 3. The minimum absolute atomic E-state index is 0.358. The van der Waals surface area contributed by atoms with Crippen molar-refractivity contribution >= 4 is 28.9 Å². The standard InChI is InChI=1S/C12H10F3N3OS2/c1-6-5-20-11(17-6)21-7-2-3-9(12(13,14)15)8(4-7)10(16)18-19/h2-5,19H,1H3,(H2,16,18). The van der Waals surface area contributed by atoms with Gasteiger partial charge in [0.25, 0.3) is 0 Å². The average Bonchev–Trinajstić information content (AvgIpc) is 2.82. The van der Waals surface area contributed by atoms with Crippen molar-refractivity contribution in [1.29, 1.82) is 0 Å². The first kappa shape index (κ1) is 15.6. The molecule has 9 heteroatoms. The fraction of sp³-hybridized carbons (Fsp3) is 0.167. The molecule has 1 aromatic carbocycles. The van der Waals surface area contributed by atoms with Crippen molar-refractivity contribution in [2.45, 2.75) is 22.3 Å². The van der Waals surface area contributed by atoms with Gasteiger partial charge in [-0.1, -0.05) is 16.9 Å². The number of aryl methyl sites for hydroxylation is 1. The Morgan fingerprint density at radius 1 is 1.43 bits per heavy atom. The molecule has 1 aromatic heterocycles. The van der Waals surface area contributed by atoms with Crippen LogP contribution in [0.2, 0.25) is 0 Å². The molecule has 0 saturated carbocycles. The number of nitrogens with zero attached hydrogens (tertiary/aromatic N) is 2. The van der Waals surface area contributed by atoms with Crippen molar-refractivity contribution in [3.63, 3.8) is 0 Å². The summed E-state index contributed by atoms with van der Waals surface area (Å²) < 4.78 is 39.4. The van der Waals surface area contributed by atoms with Crippen molar-refractivity contribution in [1.82, 2.24) is 4.98 Å². The first-order valence-electron chi connectivity index (χ1n) is 5.60. The van der Waals surface area contributed by atoms with Crippen LogP contribution < -0.4 is 5.73 Å². The van der Waals surface area contributed by atoms with Crippen LogP contribution in [0.5, 0.6) is 0 Å². The van der Waals surface area contributed by atoms with Gasteiger partial charge >= 0.3 is 6.18 Å². The second kappa shape index (κ2) is 5.94. The minimum Gasteiger partial charge on any atom is -0.409 e. The van der Waals surface area contributed by atoms with Crippen LogP contribution in [0.1, 0.15) is 16.8 Å². The van der Waals surface area contributed by atoms with Crippen LogP contribution in [-0.4, -0.2) is 16.0 Å². The molecule has 1 heterocycles. The number of alkyl halides is 3. The number of oxime groups is 1. The molecule has 0 bridgehead atoms. The molecule has 21 heavy (non-hydrogen) atoms. The zero-order valence-electron chi connectivity index (χ0n) is 10.7. The number of aromatic nitrogens is 1. The quantitative estimate of drug-likeness (QED) is 0.389. The molecule has 2 aromatic rings. The van der Waals surface area contributed by atoms with Gasteiger partial charge in [-0.2, -0.15) is 13.2 Å². The molecule has 112 valence electrons. The Bertz CT molecular complexity index is 683. The second-order valence-corrected chi connectivity index (χ2v) is 6.23. The minimum atomic E-state index is -4.58.